The average Bonchev–Trinajstić information content (AvgIpc) is 3.44. The van der Waals surface area contributed by atoms with Crippen LogP contribution >= 0.6 is 11.8 Å². The van der Waals surface area contributed by atoms with Gasteiger partial charge in [0, 0.05) is 46.5 Å². The second-order valence-electron chi connectivity index (χ2n) is 9.14. The highest BCUT2D eigenvalue weighted by molar-refractivity contribution is 8.02. The smallest absolute Gasteiger partial charge is 0.407 e. The molecule has 4 atom stereocenters. The fourth-order valence-electron chi connectivity index (χ4n) is 4.15. The largest absolute Gasteiger partial charge is 0.755 e. The van der Waals surface area contributed by atoms with Crippen molar-refractivity contribution < 1.29 is 23.1 Å². The van der Waals surface area contributed by atoms with Crippen molar-refractivity contribution in [1.29, 1.82) is 0 Å². The van der Waals surface area contributed by atoms with E-state index in [2.05, 4.69) is 25.7 Å². The number of ether oxygens (including phenoxy) is 1. The van der Waals surface area contributed by atoms with Crippen LogP contribution in [0.1, 0.15) is 27.8 Å². The molecule has 12 heteroatoms. The number of methoxy groups -OCH3 is 1. The summed E-state index contributed by atoms with van der Waals surface area (Å²) in [7, 11) is 1.25. The van der Waals surface area contributed by atoms with Crippen LogP contribution < -0.4 is 20.7 Å². The van der Waals surface area contributed by atoms with Crippen molar-refractivity contribution >= 4 is 40.7 Å². The van der Waals surface area contributed by atoms with E-state index in [9.17, 15) is 18.4 Å². The van der Waals surface area contributed by atoms with Gasteiger partial charge in [0.15, 0.2) is 0 Å². The van der Waals surface area contributed by atoms with Crippen molar-refractivity contribution in [3.63, 3.8) is 0 Å². The van der Waals surface area contributed by atoms with Crippen molar-refractivity contribution in [2.75, 3.05) is 11.8 Å². The first-order valence-corrected chi connectivity index (χ1v) is 14.5. The van der Waals surface area contributed by atoms with Crippen molar-refractivity contribution in [2.45, 2.75) is 37.2 Å². The van der Waals surface area contributed by atoms with Gasteiger partial charge in [-0.3, -0.25) is 14.0 Å². The number of hydrogen-bond donors (Lipinski definition) is 4. The molecule has 40 heavy (non-hydrogen) atoms. The van der Waals surface area contributed by atoms with E-state index in [0.717, 1.165) is 28.1 Å². The Morgan fingerprint density at radius 1 is 1.05 bits per heavy atom. The molecule has 0 saturated carbocycles. The van der Waals surface area contributed by atoms with Gasteiger partial charge in [0.05, 0.1) is 13.2 Å². The van der Waals surface area contributed by atoms with Crippen LogP contribution in [0.3, 0.4) is 0 Å². The lowest BCUT2D eigenvalue weighted by Gasteiger charge is -2.25. The number of anilines is 1. The minimum atomic E-state index is -2.42. The third kappa shape index (κ3) is 8.31. The Hall–Kier alpha value is -3.87. The molecule has 4 N–H and O–H groups in total. The number of thioether (sulfide) groups is 1. The summed E-state index contributed by atoms with van der Waals surface area (Å²) in [6.07, 6.45) is 1.82. The molecule has 0 bridgehead atoms. The van der Waals surface area contributed by atoms with Crippen LogP contribution in [0.5, 0.6) is 0 Å². The van der Waals surface area contributed by atoms with Crippen molar-refractivity contribution in [3.8, 4) is 0 Å². The zero-order valence-electron chi connectivity index (χ0n) is 22.0. The number of hydrogen-bond acceptors (Lipinski definition) is 8. The molecule has 1 aliphatic heterocycles. The number of pyridine rings is 1. The van der Waals surface area contributed by atoms with Gasteiger partial charge in [-0.25, -0.2) is 4.79 Å². The van der Waals surface area contributed by atoms with Crippen molar-refractivity contribution in [2.24, 2.45) is 0 Å². The highest BCUT2D eigenvalue weighted by atomic mass is 32.2. The lowest BCUT2D eigenvalue weighted by Crippen LogP contribution is -2.52. The van der Waals surface area contributed by atoms with Gasteiger partial charge in [-0.05, 0) is 48.1 Å². The monoisotopic (exact) mass is 580 g/mol. The molecule has 210 valence electrons. The van der Waals surface area contributed by atoms with Gasteiger partial charge in [-0.1, -0.05) is 48.5 Å². The Kier molecular flexibility index (Phi) is 10.2. The molecule has 10 nitrogen and oxygen atoms in total. The molecule has 2 amide bonds. The van der Waals surface area contributed by atoms with Gasteiger partial charge in [0.1, 0.15) is 11.4 Å². The highest BCUT2D eigenvalue weighted by Crippen LogP contribution is 2.35. The van der Waals surface area contributed by atoms with Gasteiger partial charge >= 0.3 is 6.09 Å². The molecule has 4 rings (SSSR count). The van der Waals surface area contributed by atoms with E-state index < -0.39 is 29.4 Å². The maximum Gasteiger partial charge on any atom is 0.407 e. The number of carbonyl (C=O) groups excluding carboxylic acids is 2. The molecular formula is C28H30N5O5S2-. The predicted octanol–water partition coefficient (Wildman–Crippen LogP) is 3.47. The van der Waals surface area contributed by atoms with Gasteiger partial charge in [0.2, 0.25) is 5.91 Å². The van der Waals surface area contributed by atoms with Crippen LogP contribution in [0.25, 0.3) is 0 Å². The third-order valence-corrected chi connectivity index (χ3v) is 7.68. The number of nitrogens with one attached hydrogen (secondary N) is 4. The summed E-state index contributed by atoms with van der Waals surface area (Å²) in [5.41, 5.74) is 4.93. The summed E-state index contributed by atoms with van der Waals surface area (Å²) in [4.78, 5) is 30.1. The Morgan fingerprint density at radius 2 is 1.77 bits per heavy atom. The molecule has 0 fully saturated rings. The second kappa shape index (κ2) is 14.0. The van der Waals surface area contributed by atoms with Crippen LogP contribution in [0.15, 0.2) is 84.0 Å². The zero-order chi connectivity index (χ0) is 28.5. The maximum atomic E-state index is 13.6. The number of aryl methyl sites for hydroxylation is 1. The van der Waals surface area contributed by atoms with E-state index in [-0.39, 0.29) is 17.7 Å². The molecule has 3 aromatic rings. The van der Waals surface area contributed by atoms with E-state index in [1.807, 2.05) is 61.0 Å². The number of amides is 2. The molecule has 2 heterocycles. The molecule has 0 saturated heterocycles. The molecule has 2 aromatic carbocycles. The summed E-state index contributed by atoms with van der Waals surface area (Å²) in [6.45, 7) is 1.93. The van der Waals surface area contributed by atoms with Gasteiger partial charge in [-0.15, -0.1) is 11.8 Å². The standard InChI is InChI=1S/C28H31N5O5S2/c1-18-8-11-21(16-29-18)27-31-25(17-39-27)23(14-20-9-12-22(13-10-20)33-40(36)37)30-26(34)24(32-28(35)38-2)15-19-6-4-3-5-7-19/h3-13,16-17,23-24,27,31,33H,14-15H2,1-2H3,(H,30,34)(H,32,35)(H,36,37)/p-1/t23-,24-,27?/m0/s1. The quantitative estimate of drug-likeness (QED) is 0.253. The number of alkyl carbamates (subject to hydrolysis) is 1. The van der Waals surface area contributed by atoms with Crippen molar-refractivity contribution in [1.82, 2.24) is 20.9 Å². The molecule has 1 aliphatic rings. The number of rotatable bonds is 11. The van der Waals surface area contributed by atoms with E-state index in [1.54, 1.807) is 36.0 Å². The van der Waals surface area contributed by atoms with Crippen molar-refractivity contribution in [3.05, 3.63) is 106 Å². The maximum absolute atomic E-state index is 13.6. The van der Waals surface area contributed by atoms with Crippen LogP contribution in [0.4, 0.5) is 10.5 Å². The predicted molar refractivity (Wildman–Crippen MR) is 155 cm³/mol. The first kappa shape index (κ1) is 29.1. The third-order valence-electron chi connectivity index (χ3n) is 6.23. The number of nitrogens with zero attached hydrogens (tertiary/aromatic N) is 1. The first-order chi connectivity index (χ1) is 19.3. The normalized spacial score (nSPS) is 16.6. The van der Waals surface area contributed by atoms with E-state index in [4.69, 9.17) is 4.74 Å². The summed E-state index contributed by atoms with van der Waals surface area (Å²) in [5, 5.41) is 11.1. The Labute approximate surface area is 239 Å². The molecule has 0 spiro atoms. The SMILES string of the molecule is COC(=O)N[C@@H](Cc1ccccc1)C(=O)N[C@@H](Cc1ccc(NS(=O)[O-])cc1)C1=CSC(c2ccc(C)nc2)N1. The topological polar surface area (TPSA) is 145 Å². The molecular weight excluding hydrogens is 550 g/mol. The van der Waals surface area contributed by atoms with Crippen LogP contribution in [-0.2, 0) is 33.6 Å². The second-order valence-corrected chi connectivity index (χ2v) is 10.8. The molecule has 0 aliphatic carbocycles. The minimum Gasteiger partial charge on any atom is -0.755 e. The number of carbonyl (C=O) groups is 2. The van der Waals surface area contributed by atoms with Crippen LogP contribution in [-0.4, -0.2) is 44.9 Å². The van der Waals surface area contributed by atoms with Gasteiger partial charge < -0.3 is 30.0 Å². The first-order valence-electron chi connectivity index (χ1n) is 12.5. The van der Waals surface area contributed by atoms with E-state index >= 15 is 0 Å². The average molecular weight is 581 g/mol. The van der Waals surface area contributed by atoms with E-state index in [1.165, 1.54) is 7.11 Å². The molecule has 0 radical (unpaired) electrons. The Balaban J connectivity index is 1.54. The van der Waals surface area contributed by atoms with Gasteiger partial charge in [-0.2, -0.15) is 0 Å². The fraction of sp³-hybridized carbons (Fsp3) is 0.250. The Morgan fingerprint density at radius 3 is 2.42 bits per heavy atom. The van der Waals surface area contributed by atoms with Gasteiger partial charge in [0.25, 0.3) is 0 Å². The number of benzene rings is 2. The molecule has 2 unspecified atom stereocenters. The minimum absolute atomic E-state index is 0.0746. The summed E-state index contributed by atoms with van der Waals surface area (Å²) in [5.74, 6) is -0.368. The summed E-state index contributed by atoms with van der Waals surface area (Å²) >= 11 is -0.847. The lowest BCUT2D eigenvalue weighted by atomic mass is 10.0. The fourth-order valence-corrected chi connectivity index (χ4v) is 5.50. The molecule has 1 aromatic heterocycles. The summed E-state index contributed by atoms with van der Waals surface area (Å²) in [6, 6.07) is 18.9. The van der Waals surface area contributed by atoms with Crippen LogP contribution in [0, 0.1) is 6.92 Å². The van der Waals surface area contributed by atoms with E-state index in [0.29, 0.717) is 12.1 Å². The summed E-state index contributed by atoms with van der Waals surface area (Å²) < 4.78 is 29.0. The zero-order valence-corrected chi connectivity index (χ0v) is 23.6. The number of aromatic nitrogens is 1. The lowest BCUT2D eigenvalue weighted by molar-refractivity contribution is -0.123. The van der Waals surface area contributed by atoms with Crippen LogP contribution in [0.2, 0.25) is 0 Å². The Bertz CT molecular complexity index is 1350. The highest BCUT2D eigenvalue weighted by Gasteiger charge is 2.29.